The monoisotopic (exact) mass is 333 g/mol. The van der Waals surface area contributed by atoms with Gasteiger partial charge in [-0.2, -0.15) is 0 Å². The van der Waals surface area contributed by atoms with Crippen LogP contribution in [0.15, 0.2) is 53.4 Å². The van der Waals surface area contributed by atoms with E-state index in [1.165, 1.54) is 0 Å². The summed E-state index contributed by atoms with van der Waals surface area (Å²) in [6.45, 7) is 4.50. The molecule has 0 aromatic heterocycles. The average molecular weight is 333 g/mol. The maximum atomic E-state index is 12.3. The van der Waals surface area contributed by atoms with Crippen LogP contribution in [0.5, 0.6) is 5.75 Å². The van der Waals surface area contributed by atoms with Gasteiger partial charge >= 0.3 is 0 Å². The van der Waals surface area contributed by atoms with Crippen molar-refractivity contribution in [2.24, 2.45) is 0 Å². The first-order chi connectivity index (χ1) is 11.0. The highest BCUT2D eigenvalue weighted by atomic mass is 32.2. The Bertz CT molecular complexity index is 722. The number of ether oxygens (including phenoxy) is 1. The van der Waals surface area contributed by atoms with Crippen LogP contribution in [0.1, 0.15) is 37.3 Å². The number of sulfonamides is 1. The number of hydrogen-bond acceptors (Lipinski definition) is 3. The van der Waals surface area contributed by atoms with Gasteiger partial charge < -0.3 is 4.74 Å². The van der Waals surface area contributed by atoms with E-state index in [2.05, 4.69) is 18.6 Å². The van der Waals surface area contributed by atoms with Crippen LogP contribution in [-0.2, 0) is 16.6 Å². The van der Waals surface area contributed by atoms with Crippen LogP contribution in [-0.4, -0.2) is 15.5 Å². The van der Waals surface area contributed by atoms with Crippen LogP contribution in [0.25, 0.3) is 0 Å². The van der Waals surface area contributed by atoms with Crippen molar-refractivity contribution in [2.45, 2.75) is 37.6 Å². The summed E-state index contributed by atoms with van der Waals surface area (Å²) >= 11 is 0. The molecule has 0 radical (unpaired) electrons. The maximum Gasteiger partial charge on any atom is 0.240 e. The fourth-order valence-electron chi connectivity index (χ4n) is 2.22. The summed E-state index contributed by atoms with van der Waals surface area (Å²) in [5.41, 5.74) is 2.03. The van der Waals surface area contributed by atoms with Gasteiger partial charge in [0.15, 0.2) is 0 Å². The van der Waals surface area contributed by atoms with Gasteiger partial charge in [-0.1, -0.05) is 38.1 Å². The molecule has 0 saturated carbocycles. The minimum absolute atomic E-state index is 0.249. The lowest BCUT2D eigenvalue weighted by Crippen LogP contribution is -2.23. The Labute approximate surface area is 138 Å². The van der Waals surface area contributed by atoms with Gasteiger partial charge in [-0.15, -0.1) is 0 Å². The van der Waals surface area contributed by atoms with Crippen molar-refractivity contribution in [3.8, 4) is 5.75 Å². The highest BCUT2D eigenvalue weighted by molar-refractivity contribution is 7.89. The number of hydrogen-bond donors (Lipinski definition) is 1. The molecule has 23 heavy (non-hydrogen) atoms. The SMILES string of the molecule is CC[C@@H](C)c1ccc(S(=O)(=O)NCc2ccc(OC)cc2)cc1. The van der Waals surface area contributed by atoms with Crippen LogP contribution in [0, 0.1) is 0 Å². The van der Waals surface area contributed by atoms with Gasteiger partial charge in [0.1, 0.15) is 5.75 Å². The molecular formula is C18H23NO3S. The van der Waals surface area contributed by atoms with E-state index in [9.17, 15) is 8.42 Å². The zero-order valence-electron chi connectivity index (χ0n) is 13.7. The van der Waals surface area contributed by atoms with Crippen molar-refractivity contribution in [3.63, 3.8) is 0 Å². The van der Waals surface area contributed by atoms with Crippen LogP contribution < -0.4 is 9.46 Å². The summed E-state index contributed by atoms with van der Waals surface area (Å²) in [7, 11) is -1.91. The van der Waals surface area contributed by atoms with Crippen molar-refractivity contribution in [1.29, 1.82) is 0 Å². The van der Waals surface area contributed by atoms with Crippen molar-refractivity contribution in [3.05, 3.63) is 59.7 Å². The van der Waals surface area contributed by atoms with Gasteiger partial charge in [0.05, 0.1) is 12.0 Å². The molecule has 0 amide bonds. The van der Waals surface area contributed by atoms with Gasteiger partial charge in [-0.05, 0) is 47.7 Å². The number of benzene rings is 2. The van der Waals surface area contributed by atoms with E-state index < -0.39 is 10.0 Å². The van der Waals surface area contributed by atoms with Crippen LogP contribution >= 0.6 is 0 Å². The van der Waals surface area contributed by atoms with E-state index in [4.69, 9.17) is 4.74 Å². The van der Waals surface area contributed by atoms with Gasteiger partial charge in [-0.25, -0.2) is 13.1 Å². The largest absolute Gasteiger partial charge is 0.497 e. The Morgan fingerprint density at radius 3 is 2.17 bits per heavy atom. The molecule has 0 unspecified atom stereocenters. The third-order valence-electron chi connectivity index (χ3n) is 4.00. The van der Waals surface area contributed by atoms with Crippen molar-refractivity contribution < 1.29 is 13.2 Å². The minimum Gasteiger partial charge on any atom is -0.497 e. The lowest BCUT2D eigenvalue weighted by atomic mass is 9.99. The summed E-state index contributed by atoms with van der Waals surface area (Å²) in [6.07, 6.45) is 1.03. The second-order valence-electron chi connectivity index (χ2n) is 5.55. The van der Waals surface area contributed by atoms with Crippen molar-refractivity contribution >= 4 is 10.0 Å². The second-order valence-corrected chi connectivity index (χ2v) is 7.32. The van der Waals surface area contributed by atoms with E-state index in [-0.39, 0.29) is 11.4 Å². The second kappa shape index (κ2) is 7.62. The smallest absolute Gasteiger partial charge is 0.240 e. The highest BCUT2D eigenvalue weighted by Crippen LogP contribution is 2.20. The van der Waals surface area contributed by atoms with Gasteiger partial charge in [-0.3, -0.25) is 0 Å². The van der Waals surface area contributed by atoms with E-state index in [0.29, 0.717) is 5.92 Å². The summed E-state index contributed by atoms with van der Waals surface area (Å²) in [5.74, 6) is 1.18. The third kappa shape index (κ3) is 4.56. The van der Waals surface area contributed by atoms with Crippen molar-refractivity contribution in [2.75, 3.05) is 7.11 Å². The number of rotatable bonds is 7. The molecule has 1 atom stereocenters. The first kappa shape index (κ1) is 17.5. The quantitative estimate of drug-likeness (QED) is 0.841. The molecule has 2 aromatic rings. The topological polar surface area (TPSA) is 55.4 Å². The van der Waals surface area contributed by atoms with Gasteiger partial charge in [0, 0.05) is 6.54 Å². The molecule has 0 aliphatic heterocycles. The lowest BCUT2D eigenvalue weighted by Gasteiger charge is -2.11. The molecule has 0 aliphatic rings. The fourth-order valence-corrected chi connectivity index (χ4v) is 3.23. The first-order valence-corrected chi connectivity index (χ1v) is 9.17. The molecular weight excluding hydrogens is 310 g/mol. The number of nitrogens with one attached hydrogen (secondary N) is 1. The lowest BCUT2D eigenvalue weighted by molar-refractivity contribution is 0.414. The Morgan fingerprint density at radius 2 is 1.65 bits per heavy atom. The Kier molecular flexibility index (Phi) is 5.80. The first-order valence-electron chi connectivity index (χ1n) is 7.69. The standard InChI is InChI=1S/C18H23NO3S/c1-4-14(2)16-7-11-18(12-8-16)23(20,21)19-13-15-5-9-17(22-3)10-6-15/h5-12,14,19H,4,13H2,1-3H3/t14-/m1/s1. The van der Waals surface area contributed by atoms with Crippen LogP contribution in [0.4, 0.5) is 0 Å². The van der Waals surface area contributed by atoms with Gasteiger partial charge in [0.25, 0.3) is 0 Å². The van der Waals surface area contributed by atoms with E-state index in [1.54, 1.807) is 19.2 Å². The zero-order valence-corrected chi connectivity index (χ0v) is 14.6. The summed E-state index contributed by atoms with van der Waals surface area (Å²) < 4.78 is 32.4. The molecule has 2 aromatic carbocycles. The highest BCUT2D eigenvalue weighted by Gasteiger charge is 2.14. The molecule has 0 bridgehead atoms. The molecule has 0 fully saturated rings. The van der Waals surface area contributed by atoms with E-state index >= 15 is 0 Å². The molecule has 0 saturated heterocycles. The fraction of sp³-hybridized carbons (Fsp3) is 0.333. The third-order valence-corrected chi connectivity index (χ3v) is 5.41. The maximum absolute atomic E-state index is 12.3. The predicted molar refractivity (Wildman–Crippen MR) is 92.2 cm³/mol. The molecule has 124 valence electrons. The molecule has 0 spiro atoms. The van der Waals surface area contributed by atoms with Crippen LogP contribution in [0.3, 0.4) is 0 Å². The molecule has 0 heterocycles. The Morgan fingerprint density at radius 1 is 1.04 bits per heavy atom. The van der Waals surface area contributed by atoms with Crippen molar-refractivity contribution in [1.82, 2.24) is 4.72 Å². The zero-order chi connectivity index (χ0) is 16.9. The van der Waals surface area contributed by atoms with Gasteiger partial charge in [0.2, 0.25) is 10.0 Å². The molecule has 4 nitrogen and oxygen atoms in total. The summed E-state index contributed by atoms with van der Waals surface area (Å²) in [5, 5.41) is 0. The van der Waals surface area contributed by atoms with E-state index in [1.807, 2.05) is 36.4 Å². The normalized spacial score (nSPS) is 12.8. The van der Waals surface area contributed by atoms with Crippen LogP contribution in [0.2, 0.25) is 0 Å². The molecule has 2 rings (SSSR count). The molecule has 0 aliphatic carbocycles. The Hall–Kier alpha value is -1.85. The summed E-state index contributed by atoms with van der Waals surface area (Å²) in [6, 6.07) is 14.4. The Balaban J connectivity index is 2.05. The minimum atomic E-state index is -3.50. The molecule has 1 N–H and O–H groups in total. The predicted octanol–water partition coefficient (Wildman–Crippen LogP) is 3.69. The molecule has 5 heteroatoms. The number of methoxy groups -OCH3 is 1. The van der Waals surface area contributed by atoms with E-state index in [0.717, 1.165) is 23.3 Å². The summed E-state index contributed by atoms with van der Waals surface area (Å²) in [4.78, 5) is 0.290. The average Bonchev–Trinajstić information content (AvgIpc) is 2.60.